The quantitative estimate of drug-likeness (QED) is 0.662. The van der Waals surface area contributed by atoms with E-state index in [0.717, 1.165) is 48.6 Å². The van der Waals surface area contributed by atoms with Crippen molar-refractivity contribution >= 4 is 22.7 Å². The van der Waals surface area contributed by atoms with Gasteiger partial charge in [0.2, 0.25) is 5.88 Å². The second-order valence-corrected chi connectivity index (χ2v) is 7.51. The first-order chi connectivity index (χ1) is 13.7. The van der Waals surface area contributed by atoms with Gasteiger partial charge in [-0.2, -0.15) is 5.10 Å². The predicted octanol–water partition coefficient (Wildman–Crippen LogP) is 1.80. The van der Waals surface area contributed by atoms with Crippen molar-refractivity contribution in [2.24, 2.45) is 7.05 Å². The van der Waals surface area contributed by atoms with Crippen LogP contribution in [0.2, 0.25) is 0 Å². The Hall–Kier alpha value is -2.97. The van der Waals surface area contributed by atoms with Gasteiger partial charge in [0.05, 0.1) is 12.5 Å². The first kappa shape index (κ1) is 17.2. The maximum Gasteiger partial charge on any atom is 0.218 e. The number of ether oxygens (including phenoxy) is 1. The van der Waals surface area contributed by atoms with Crippen LogP contribution in [0.3, 0.4) is 0 Å². The highest BCUT2D eigenvalue weighted by atomic mass is 16.5. The number of aryl methyl sites for hydroxylation is 1. The van der Waals surface area contributed by atoms with Gasteiger partial charge in [-0.05, 0) is 25.7 Å². The summed E-state index contributed by atoms with van der Waals surface area (Å²) < 4.78 is 7.10. The molecule has 0 bridgehead atoms. The standard InChI is InChI=1S/C19H24N8O/c1-25-10-15-18(24-25)22-12-23-19(15)26-7-5-14(6-8-26)27(13-3-4-13)16-9-17(28-2)21-11-20-16/h9-14H,3-8H2,1-2H3. The molecular weight excluding hydrogens is 356 g/mol. The van der Waals surface area contributed by atoms with Crippen LogP contribution in [0.4, 0.5) is 11.6 Å². The fourth-order valence-corrected chi connectivity index (χ4v) is 4.15. The van der Waals surface area contributed by atoms with Crippen LogP contribution in [-0.2, 0) is 7.05 Å². The molecule has 0 spiro atoms. The number of hydrogen-bond acceptors (Lipinski definition) is 8. The van der Waals surface area contributed by atoms with Crippen LogP contribution in [-0.4, -0.2) is 62.0 Å². The normalized spacial score (nSPS) is 17.9. The van der Waals surface area contributed by atoms with E-state index in [1.165, 1.54) is 12.8 Å². The molecule has 0 atom stereocenters. The average Bonchev–Trinajstić information content (AvgIpc) is 3.48. The molecule has 3 aromatic rings. The zero-order valence-electron chi connectivity index (χ0n) is 16.2. The lowest BCUT2D eigenvalue weighted by atomic mass is 10.0. The molecule has 0 unspecified atom stereocenters. The number of fused-ring (bicyclic) bond motifs is 1. The highest BCUT2D eigenvalue weighted by Crippen LogP contribution is 2.36. The molecule has 0 N–H and O–H groups in total. The van der Waals surface area contributed by atoms with Gasteiger partial charge in [0.15, 0.2) is 5.65 Å². The summed E-state index contributed by atoms with van der Waals surface area (Å²) in [6.07, 6.45) is 9.80. The number of piperidine rings is 1. The van der Waals surface area contributed by atoms with Crippen LogP contribution < -0.4 is 14.5 Å². The zero-order valence-corrected chi connectivity index (χ0v) is 16.2. The van der Waals surface area contributed by atoms with E-state index in [2.05, 4.69) is 34.8 Å². The summed E-state index contributed by atoms with van der Waals surface area (Å²) >= 11 is 0. The second kappa shape index (κ2) is 6.88. The predicted molar refractivity (Wildman–Crippen MR) is 106 cm³/mol. The number of hydrogen-bond donors (Lipinski definition) is 0. The molecule has 146 valence electrons. The molecule has 5 rings (SSSR count). The lowest BCUT2D eigenvalue weighted by Crippen LogP contribution is -2.46. The molecule has 0 amide bonds. The van der Waals surface area contributed by atoms with Gasteiger partial charge >= 0.3 is 0 Å². The van der Waals surface area contributed by atoms with Crippen LogP contribution in [0, 0.1) is 0 Å². The Morgan fingerprint density at radius 2 is 1.75 bits per heavy atom. The van der Waals surface area contributed by atoms with Gasteiger partial charge in [-0.15, -0.1) is 0 Å². The first-order valence-electron chi connectivity index (χ1n) is 9.76. The highest BCUT2D eigenvalue weighted by molar-refractivity contribution is 5.86. The topological polar surface area (TPSA) is 85.1 Å². The van der Waals surface area contributed by atoms with Crippen molar-refractivity contribution in [2.45, 2.75) is 37.8 Å². The molecule has 4 heterocycles. The van der Waals surface area contributed by atoms with Crippen LogP contribution in [0.1, 0.15) is 25.7 Å². The van der Waals surface area contributed by atoms with Crippen molar-refractivity contribution in [3.05, 3.63) is 24.9 Å². The average molecular weight is 380 g/mol. The Balaban J connectivity index is 1.35. The molecule has 28 heavy (non-hydrogen) atoms. The molecule has 0 aromatic carbocycles. The van der Waals surface area contributed by atoms with E-state index < -0.39 is 0 Å². The summed E-state index contributed by atoms with van der Waals surface area (Å²) in [7, 11) is 3.56. The van der Waals surface area contributed by atoms with E-state index in [0.29, 0.717) is 18.0 Å². The molecule has 3 aromatic heterocycles. The highest BCUT2D eigenvalue weighted by Gasteiger charge is 2.37. The molecule has 9 heteroatoms. The number of rotatable bonds is 5. The van der Waals surface area contributed by atoms with Gasteiger partial charge in [0.1, 0.15) is 24.3 Å². The van der Waals surface area contributed by atoms with Crippen molar-refractivity contribution in [1.82, 2.24) is 29.7 Å². The summed E-state index contributed by atoms with van der Waals surface area (Å²) in [6, 6.07) is 3.00. The number of nitrogens with zero attached hydrogens (tertiary/aromatic N) is 8. The number of aromatic nitrogens is 6. The van der Waals surface area contributed by atoms with E-state index in [4.69, 9.17) is 4.74 Å². The van der Waals surface area contributed by atoms with E-state index in [9.17, 15) is 0 Å². The molecule has 1 saturated heterocycles. The molecule has 1 aliphatic heterocycles. The van der Waals surface area contributed by atoms with Gasteiger partial charge in [-0.1, -0.05) is 0 Å². The fraction of sp³-hybridized carbons (Fsp3) is 0.526. The molecule has 0 radical (unpaired) electrons. The molecule has 1 aliphatic carbocycles. The Kier molecular flexibility index (Phi) is 4.22. The smallest absolute Gasteiger partial charge is 0.218 e. The Morgan fingerprint density at radius 3 is 2.50 bits per heavy atom. The van der Waals surface area contributed by atoms with Crippen LogP contribution >= 0.6 is 0 Å². The summed E-state index contributed by atoms with van der Waals surface area (Å²) in [6.45, 7) is 1.91. The summed E-state index contributed by atoms with van der Waals surface area (Å²) in [5.74, 6) is 2.58. The summed E-state index contributed by atoms with van der Waals surface area (Å²) in [5.41, 5.74) is 0.752. The summed E-state index contributed by atoms with van der Waals surface area (Å²) in [4.78, 5) is 22.4. The van der Waals surface area contributed by atoms with Gasteiger partial charge in [0.25, 0.3) is 0 Å². The Bertz CT molecular complexity index is 977. The van der Waals surface area contributed by atoms with Crippen LogP contribution in [0.5, 0.6) is 5.88 Å². The lowest BCUT2D eigenvalue weighted by Gasteiger charge is -2.40. The van der Waals surface area contributed by atoms with Crippen LogP contribution in [0.25, 0.3) is 11.0 Å². The SMILES string of the molecule is COc1cc(N(C2CC2)C2CCN(c3ncnc4nn(C)cc34)CC2)ncn1. The third-order valence-electron chi connectivity index (χ3n) is 5.61. The van der Waals surface area contributed by atoms with Crippen molar-refractivity contribution in [2.75, 3.05) is 30.0 Å². The first-order valence-corrected chi connectivity index (χ1v) is 9.76. The number of methoxy groups -OCH3 is 1. The minimum absolute atomic E-state index is 0.467. The second-order valence-electron chi connectivity index (χ2n) is 7.51. The fourth-order valence-electron chi connectivity index (χ4n) is 4.15. The van der Waals surface area contributed by atoms with E-state index in [-0.39, 0.29) is 0 Å². The Morgan fingerprint density at radius 1 is 1.00 bits per heavy atom. The van der Waals surface area contributed by atoms with Gasteiger partial charge < -0.3 is 14.5 Å². The number of anilines is 2. The van der Waals surface area contributed by atoms with E-state index >= 15 is 0 Å². The van der Waals surface area contributed by atoms with Crippen LogP contribution in [0.15, 0.2) is 24.9 Å². The lowest BCUT2D eigenvalue weighted by molar-refractivity contribution is 0.395. The van der Waals surface area contributed by atoms with E-state index in [1.54, 1.807) is 24.4 Å². The molecule has 9 nitrogen and oxygen atoms in total. The largest absolute Gasteiger partial charge is 0.481 e. The van der Waals surface area contributed by atoms with Crippen molar-refractivity contribution in [3.8, 4) is 5.88 Å². The zero-order chi connectivity index (χ0) is 19.1. The van der Waals surface area contributed by atoms with Gasteiger partial charge in [0, 0.05) is 44.5 Å². The van der Waals surface area contributed by atoms with Crippen molar-refractivity contribution in [1.29, 1.82) is 0 Å². The van der Waals surface area contributed by atoms with Crippen molar-refractivity contribution < 1.29 is 4.74 Å². The minimum atomic E-state index is 0.467. The monoisotopic (exact) mass is 380 g/mol. The van der Waals surface area contributed by atoms with Gasteiger partial charge in [-0.3, -0.25) is 4.68 Å². The molecular formula is C19H24N8O. The maximum atomic E-state index is 5.30. The van der Waals surface area contributed by atoms with Crippen molar-refractivity contribution in [3.63, 3.8) is 0 Å². The maximum absolute atomic E-state index is 5.30. The molecule has 2 fully saturated rings. The molecule has 2 aliphatic rings. The summed E-state index contributed by atoms with van der Waals surface area (Å²) in [5, 5.41) is 5.42. The third-order valence-corrected chi connectivity index (χ3v) is 5.61. The minimum Gasteiger partial charge on any atom is -0.481 e. The molecule has 1 saturated carbocycles. The Labute approximate surface area is 163 Å². The van der Waals surface area contributed by atoms with E-state index in [1.807, 2.05) is 19.3 Å². The third kappa shape index (κ3) is 3.10. The van der Waals surface area contributed by atoms with Gasteiger partial charge in [-0.25, -0.2) is 19.9 Å².